The van der Waals surface area contributed by atoms with E-state index in [0.29, 0.717) is 5.02 Å². The van der Waals surface area contributed by atoms with Crippen LogP contribution in [0.25, 0.3) is 6.08 Å². The average molecular weight is 276 g/mol. The molecule has 0 aromatic heterocycles. The number of carboxylic acid groups (broad SMARTS) is 1. The van der Waals surface area contributed by atoms with Gasteiger partial charge in [0.25, 0.3) is 0 Å². The van der Waals surface area contributed by atoms with Gasteiger partial charge in [-0.25, -0.2) is 4.79 Å². The summed E-state index contributed by atoms with van der Waals surface area (Å²) in [5.41, 5.74) is 1.06. The zero-order chi connectivity index (χ0) is 10.7. The Morgan fingerprint density at radius 2 is 2.21 bits per heavy atom. The molecule has 0 fully saturated rings. The maximum atomic E-state index is 10.5. The Morgan fingerprint density at radius 1 is 1.57 bits per heavy atom. The first-order valence-corrected chi connectivity index (χ1v) is 5.04. The van der Waals surface area contributed by atoms with E-state index in [2.05, 4.69) is 15.9 Å². The van der Waals surface area contributed by atoms with E-state index in [4.69, 9.17) is 16.7 Å². The molecular formula is C10H8BrClO2. The molecule has 1 N–H and O–H groups in total. The zero-order valence-corrected chi connectivity index (χ0v) is 9.76. The van der Waals surface area contributed by atoms with Gasteiger partial charge in [0.15, 0.2) is 0 Å². The van der Waals surface area contributed by atoms with Crippen LogP contribution in [0, 0.1) is 0 Å². The van der Waals surface area contributed by atoms with Crippen LogP contribution in [0.1, 0.15) is 12.5 Å². The van der Waals surface area contributed by atoms with Crippen LogP contribution in [0.15, 0.2) is 28.2 Å². The van der Waals surface area contributed by atoms with Gasteiger partial charge in [-0.05, 0) is 46.6 Å². The summed E-state index contributed by atoms with van der Waals surface area (Å²) in [6.45, 7) is 1.54. The summed E-state index contributed by atoms with van der Waals surface area (Å²) in [7, 11) is 0. The molecule has 0 saturated carbocycles. The van der Waals surface area contributed by atoms with Crippen molar-refractivity contribution in [3.05, 3.63) is 38.8 Å². The zero-order valence-electron chi connectivity index (χ0n) is 7.42. The molecule has 2 nitrogen and oxygen atoms in total. The van der Waals surface area contributed by atoms with Crippen LogP contribution in [0.3, 0.4) is 0 Å². The molecule has 14 heavy (non-hydrogen) atoms. The normalized spacial score (nSPS) is 11.5. The van der Waals surface area contributed by atoms with Crippen LogP contribution in [0.4, 0.5) is 0 Å². The van der Waals surface area contributed by atoms with Gasteiger partial charge in [0.05, 0.1) is 5.02 Å². The maximum absolute atomic E-state index is 10.5. The number of carboxylic acids is 1. The van der Waals surface area contributed by atoms with E-state index in [1.807, 2.05) is 0 Å². The number of hydrogen-bond donors (Lipinski definition) is 1. The molecule has 74 valence electrons. The topological polar surface area (TPSA) is 37.3 Å². The lowest BCUT2D eigenvalue weighted by Crippen LogP contribution is -1.95. The first-order chi connectivity index (χ1) is 6.50. The minimum absolute atomic E-state index is 0.281. The van der Waals surface area contributed by atoms with Crippen molar-refractivity contribution in [3.8, 4) is 0 Å². The van der Waals surface area contributed by atoms with Crippen molar-refractivity contribution in [2.24, 2.45) is 0 Å². The molecule has 0 aliphatic heterocycles. The molecule has 4 heteroatoms. The molecule has 0 radical (unpaired) electrons. The number of carbonyl (C=O) groups is 1. The summed E-state index contributed by atoms with van der Waals surface area (Å²) >= 11 is 9.11. The third kappa shape index (κ3) is 2.86. The number of rotatable bonds is 2. The van der Waals surface area contributed by atoms with Gasteiger partial charge in [0, 0.05) is 10.0 Å². The lowest BCUT2D eigenvalue weighted by atomic mass is 10.1. The molecule has 1 aromatic carbocycles. The average Bonchev–Trinajstić information content (AvgIpc) is 2.11. The second kappa shape index (κ2) is 4.62. The number of benzene rings is 1. The minimum atomic E-state index is -0.927. The third-order valence-corrected chi connectivity index (χ3v) is 2.90. The van der Waals surface area contributed by atoms with E-state index >= 15 is 0 Å². The Bertz CT molecular complexity index is 399. The lowest BCUT2D eigenvalue weighted by Gasteiger charge is -1.98. The first kappa shape index (κ1) is 11.3. The van der Waals surface area contributed by atoms with Gasteiger partial charge >= 0.3 is 5.97 Å². The highest BCUT2D eigenvalue weighted by molar-refractivity contribution is 9.10. The molecule has 0 saturated heterocycles. The fourth-order valence-corrected chi connectivity index (χ4v) is 1.35. The molecule has 0 bridgehead atoms. The highest BCUT2D eigenvalue weighted by Gasteiger charge is 2.01. The van der Waals surface area contributed by atoms with Crippen molar-refractivity contribution >= 4 is 39.6 Å². The molecule has 0 amide bonds. The molecule has 0 heterocycles. The standard InChI is InChI=1S/C10H8BrClO2/c1-6(10(13)14)4-7-2-3-8(11)9(12)5-7/h2-5H,1H3,(H,13,14). The largest absolute Gasteiger partial charge is 0.478 e. The van der Waals surface area contributed by atoms with E-state index in [-0.39, 0.29) is 5.57 Å². The van der Waals surface area contributed by atoms with Gasteiger partial charge in [-0.15, -0.1) is 0 Å². The van der Waals surface area contributed by atoms with Crippen molar-refractivity contribution in [1.29, 1.82) is 0 Å². The first-order valence-electron chi connectivity index (χ1n) is 3.87. The van der Waals surface area contributed by atoms with Gasteiger partial charge in [-0.1, -0.05) is 17.7 Å². The van der Waals surface area contributed by atoms with Crippen LogP contribution in [-0.2, 0) is 4.79 Å². The van der Waals surface area contributed by atoms with Crippen LogP contribution in [0.5, 0.6) is 0 Å². The molecule has 0 aliphatic rings. The smallest absolute Gasteiger partial charge is 0.331 e. The summed E-state index contributed by atoms with van der Waals surface area (Å²) in [5, 5.41) is 9.22. The molecule has 0 aliphatic carbocycles. The summed E-state index contributed by atoms with van der Waals surface area (Å²) in [6, 6.07) is 5.28. The van der Waals surface area contributed by atoms with Crippen molar-refractivity contribution in [3.63, 3.8) is 0 Å². The Labute approximate surface area is 95.3 Å². The summed E-state index contributed by atoms with van der Waals surface area (Å²) in [6.07, 6.45) is 1.57. The lowest BCUT2D eigenvalue weighted by molar-refractivity contribution is -0.132. The van der Waals surface area contributed by atoms with Crippen LogP contribution in [-0.4, -0.2) is 11.1 Å². The Balaban J connectivity index is 3.04. The Hall–Kier alpha value is -0.800. The Morgan fingerprint density at radius 3 is 2.71 bits per heavy atom. The van der Waals surface area contributed by atoms with Gasteiger partial charge in [-0.2, -0.15) is 0 Å². The second-order valence-corrected chi connectivity index (χ2v) is 4.07. The van der Waals surface area contributed by atoms with E-state index in [1.165, 1.54) is 6.92 Å². The van der Waals surface area contributed by atoms with E-state index in [1.54, 1.807) is 24.3 Å². The third-order valence-electron chi connectivity index (χ3n) is 1.66. The maximum Gasteiger partial charge on any atom is 0.331 e. The molecule has 0 atom stereocenters. The summed E-state index contributed by atoms with van der Waals surface area (Å²) in [5.74, 6) is -0.927. The fourth-order valence-electron chi connectivity index (χ4n) is 0.914. The van der Waals surface area contributed by atoms with Gasteiger partial charge in [0.1, 0.15) is 0 Å². The van der Waals surface area contributed by atoms with Crippen LogP contribution in [0.2, 0.25) is 5.02 Å². The van der Waals surface area contributed by atoms with Crippen molar-refractivity contribution in [1.82, 2.24) is 0 Å². The fraction of sp³-hybridized carbons (Fsp3) is 0.100. The minimum Gasteiger partial charge on any atom is -0.478 e. The van der Waals surface area contributed by atoms with E-state index in [0.717, 1.165) is 10.0 Å². The second-order valence-electron chi connectivity index (χ2n) is 2.81. The van der Waals surface area contributed by atoms with Gasteiger partial charge < -0.3 is 5.11 Å². The SMILES string of the molecule is CC(=Cc1ccc(Br)c(Cl)c1)C(=O)O. The van der Waals surface area contributed by atoms with E-state index < -0.39 is 5.97 Å². The quantitative estimate of drug-likeness (QED) is 0.838. The molecule has 1 aromatic rings. The van der Waals surface area contributed by atoms with Crippen molar-refractivity contribution < 1.29 is 9.90 Å². The van der Waals surface area contributed by atoms with Gasteiger partial charge in [-0.3, -0.25) is 0 Å². The van der Waals surface area contributed by atoms with Gasteiger partial charge in [0.2, 0.25) is 0 Å². The monoisotopic (exact) mass is 274 g/mol. The number of halogens is 2. The highest BCUT2D eigenvalue weighted by Crippen LogP contribution is 2.24. The van der Waals surface area contributed by atoms with Crippen molar-refractivity contribution in [2.75, 3.05) is 0 Å². The predicted molar refractivity (Wildman–Crippen MR) is 60.4 cm³/mol. The Kier molecular flexibility index (Phi) is 3.72. The predicted octanol–water partition coefficient (Wildman–Crippen LogP) is 3.59. The summed E-state index contributed by atoms with van der Waals surface area (Å²) in [4.78, 5) is 10.5. The van der Waals surface area contributed by atoms with Crippen molar-refractivity contribution in [2.45, 2.75) is 6.92 Å². The van der Waals surface area contributed by atoms with Crippen LogP contribution < -0.4 is 0 Å². The van der Waals surface area contributed by atoms with Crippen LogP contribution >= 0.6 is 27.5 Å². The molecular weight excluding hydrogens is 267 g/mol. The highest BCUT2D eigenvalue weighted by atomic mass is 79.9. The van der Waals surface area contributed by atoms with E-state index in [9.17, 15) is 4.79 Å². The molecule has 0 unspecified atom stereocenters. The number of hydrogen-bond acceptors (Lipinski definition) is 1. The summed E-state index contributed by atoms with van der Waals surface area (Å²) < 4.78 is 0.796. The molecule has 0 spiro atoms. The number of aliphatic carboxylic acids is 1. The molecule has 1 rings (SSSR count).